The van der Waals surface area contributed by atoms with Crippen molar-refractivity contribution in [3.63, 3.8) is 0 Å². The minimum absolute atomic E-state index is 0.0850. The maximum Gasteiger partial charge on any atom is 0.472 e. The summed E-state index contributed by atoms with van der Waals surface area (Å²) >= 11 is 0. The molecule has 574 valence electrons. The van der Waals surface area contributed by atoms with Gasteiger partial charge in [-0.25, -0.2) is 9.13 Å². The molecule has 0 amide bonds. The number of rotatable bonds is 76. The van der Waals surface area contributed by atoms with Crippen molar-refractivity contribution in [1.29, 1.82) is 0 Å². The highest BCUT2D eigenvalue weighted by atomic mass is 31.2. The number of aliphatic hydroxyl groups excluding tert-OH is 1. The number of allylic oxidation sites excluding steroid dienone is 8. The molecular formula is C79H146O17P2. The zero-order valence-corrected chi connectivity index (χ0v) is 64.5. The van der Waals surface area contributed by atoms with Crippen molar-refractivity contribution in [2.45, 2.75) is 393 Å². The van der Waals surface area contributed by atoms with Crippen LogP contribution >= 0.6 is 15.6 Å². The zero-order valence-electron chi connectivity index (χ0n) is 62.7. The van der Waals surface area contributed by atoms with Gasteiger partial charge in [0.05, 0.1) is 26.4 Å². The summed E-state index contributed by atoms with van der Waals surface area (Å²) in [5.41, 5.74) is 0. The molecule has 0 rings (SSSR count). The molecule has 17 nitrogen and oxygen atoms in total. The lowest BCUT2D eigenvalue weighted by Crippen LogP contribution is -2.30. The highest BCUT2D eigenvalue weighted by molar-refractivity contribution is 7.47. The molecule has 5 atom stereocenters. The smallest absolute Gasteiger partial charge is 0.462 e. The van der Waals surface area contributed by atoms with Crippen LogP contribution in [-0.2, 0) is 65.4 Å². The van der Waals surface area contributed by atoms with Crippen LogP contribution in [0.2, 0.25) is 0 Å². The fourth-order valence-electron chi connectivity index (χ4n) is 11.1. The standard InChI is InChI=1S/C79H146O17P2/c1-5-9-13-17-21-25-29-33-36-40-44-48-52-56-60-64-77(82)90-70-75(96-79(84)66-62-58-54-50-46-42-38-35-31-27-23-19-15-11-7-3)72-94-98(87,88)92-68-73(80)67-91-97(85,86)93-71-74(69-89-76(81)63-59-55-51-47-43-39-32-28-24-20-16-12-8-4)95-78(83)65-61-57-53-49-45-41-37-34-30-26-22-18-14-10-6-2/h22,25-26,29,34-35,37-38,73-75,80H,5-21,23-24,27-28,30-33,36,39-72H2,1-4H3,(H,85,86)(H,87,88)/b26-22-,29-25-,37-34-,38-35-/t73-,74+,75+/m0/s1. The van der Waals surface area contributed by atoms with E-state index in [-0.39, 0.29) is 25.7 Å². The monoisotopic (exact) mass is 1430 g/mol. The van der Waals surface area contributed by atoms with Crippen molar-refractivity contribution < 1.29 is 80.2 Å². The molecule has 19 heteroatoms. The highest BCUT2D eigenvalue weighted by Crippen LogP contribution is 2.45. The average molecular weight is 1430 g/mol. The fourth-order valence-corrected chi connectivity index (χ4v) is 12.7. The molecule has 3 N–H and O–H groups in total. The van der Waals surface area contributed by atoms with Crippen LogP contribution in [0.5, 0.6) is 0 Å². The summed E-state index contributed by atoms with van der Waals surface area (Å²) in [6, 6.07) is 0. The summed E-state index contributed by atoms with van der Waals surface area (Å²) in [6.07, 6.45) is 69.4. The topological polar surface area (TPSA) is 237 Å². The summed E-state index contributed by atoms with van der Waals surface area (Å²) in [5.74, 6) is -2.17. The van der Waals surface area contributed by atoms with Gasteiger partial charge < -0.3 is 33.8 Å². The van der Waals surface area contributed by atoms with Crippen LogP contribution < -0.4 is 0 Å². The number of unbranched alkanes of at least 4 members (excludes halogenated alkanes) is 42. The Morgan fingerprint density at radius 3 is 0.796 bits per heavy atom. The molecule has 98 heavy (non-hydrogen) atoms. The van der Waals surface area contributed by atoms with Gasteiger partial charge in [-0.05, 0) is 109 Å². The first-order valence-electron chi connectivity index (χ1n) is 39.9. The van der Waals surface area contributed by atoms with E-state index in [2.05, 4.69) is 76.3 Å². The molecule has 0 radical (unpaired) electrons. The van der Waals surface area contributed by atoms with E-state index in [0.29, 0.717) is 25.7 Å². The van der Waals surface area contributed by atoms with Crippen molar-refractivity contribution >= 4 is 39.5 Å². The molecule has 0 spiro atoms. The predicted octanol–water partition coefficient (Wildman–Crippen LogP) is 22.9. The number of aliphatic hydroxyl groups is 1. The molecule has 2 unspecified atom stereocenters. The molecule has 0 aliphatic rings. The van der Waals surface area contributed by atoms with Crippen molar-refractivity contribution in [3.05, 3.63) is 48.6 Å². The largest absolute Gasteiger partial charge is 0.472 e. The summed E-state index contributed by atoms with van der Waals surface area (Å²) in [6.45, 7) is 4.88. The number of carbonyl (C=O) groups is 4. The third-order valence-corrected chi connectivity index (χ3v) is 19.2. The first kappa shape index (κ1) is 95.0. The van der Waals surface area contributed by atoms with Crippen LogP contribution in [0.1, 0.15) is 374 Å². The van der Waals surface area contributed by atoms with E-state index >= 15 is 0 Å². The summed E-state index contributed by atoms with van der Waals surface area (Å²) in [4.78, 5) is 72.9. The summed E-state index contributed by atoms with van der Waals surface area (Å²) in [5, 5.41) is 10.6. The first-order valence-corrected chi connectivity index (χ1v) is 42.9. The van der Waals surface area contributed by atoms with Gasteiger partial charge in [-0.2, -0.15) is 0 Å². The van der Waals surface area contributed by atoms with E-state index < -0.39 is 97.5 Å². The van der Waals surface area contributed by atoms with Crippen LogP contribution in [0.25, 0.3) is 0 Å². The van der Waals surface area contributed by atoms with Crippen LogP contribution in [0.3, 0.4) is 0 Å². The number of hydrogen-bond acceptors (Lipinski definition) is 15. The molecule has 0 heterocycles. The van der Waals surface area contributed by atoms with E-state index in [1.54, 1.807) is 0 Å². The van der Waals surface area contributed by atoms with Gasteiger partial charge in [-0.1, -0.05) is 288 Å². The van der Waals surface area contributed by atoms with Gasteiger partial charge in [0.2, 0.25) is 0 Å². The second-order valence-corrected chi connectivity index (χ2v) is 29.9. The predicted molar refractivity (Wildman–Crippen MR) is 400 cm³/mol. The average Bonchev–Trinajstić information content (AvgIpc) is 1.05. The lowest BCUT2D eigenvalue weighted by molar-refractivity contribution is -0.161. The van der Waals surface area contributed by atoms with Crippen LogP contribution in [0.4, 0.5) is 0 Å². The molecule has 0 aromatic heterocycles. The lowest BCUT2D eigenvalue weighted by atomic mass is 10.0. The normalized spacial score (nSPS) is 14.2. The highest BCUT2D eigenvalue weighted by Gasteiger charge is 2.30. The summed E-state index contributed by atoms with van der Waals surface area (Å²) in [7, 11) is -9.94. The van der Waals surface area contributed by atoms with E-state index in [9.17, 15) is 43.2 Å². The van der Waals surface area contributed by atoms with Crippen molar-refractivity contribution in [2.24, 2.45) is 0 Å². The van der Waals surface area contributed by atoms with Crippen molar-refractivity contribution in [1.82, 2.24) is 0 Å². The Hall–Kier alpha value is -2.98. The van der Waals surface area contributed by atoms with Gasteiger partial charge in [-0.15, -0.1) is 0 Å². The van der Waals surface area contributed by atoms with Crippen molar-refractivity contribution in [2.75, 3.05) is 39.6 Å². The van der Waals surface area contributed by atoms with Gasteiger partial charge in [0.25, 0.3) is 0 Å². The van der Waals surface area contributed by atoms with Crippen LogP contribution in [0.15, 0.2) is 48.6 Å². The number of ether oxygens (including phenoxy) is 4. The Labute approximate surface area is 597 Å². The van der Waals surface area contributed by atoms with Gasteiger partial charge in [0.1, 0.15) is 19.3 Å². The number of hydrogen-bond donors (Lipinski definition) is 3. The second-order valence-electron chi connectivity index (χ2n) is 27.0. The Kier molecular flexibility index (Phi) is 70.2. The molecule has 0 fully saturated rings. The Morgan fingerprint density at radius 1 is 0.286 bits per heavy atom. The van der Waals surface area contributed by atoms with E-state index in [4.69, 9.17) is 37.0 Å². The third-order valence-electron chi connectivity index (χ3n) is 17.3. The molecule has 0 saturated carbocycles. The maximum atomic E-state index is 13.1. The van der Waals surface area contributed by atoms with E-state index in [1.165, 1.54) is 154 Å². The molecule has 0 aliphatic carbocycles. The van der Waals surface area contributed by atoms with Gasteiger partial charge in [0.15, 0.2) is 12.2 Å². The summed E-state index contributed by atoms with van der Waals surface area (Å²) < 4.78 is 68.6. The van der Waals surface area contributed by atoms with E-state index in [1.807, 2.05) is 0 Å². The number of phosphoric ester groups is 2. The minimum Gasteiger partial charge on any atom is -0.462 e. The fraction of sp³-hybridized carbons (Fsp3) is 0.848. The zero-order chi connectivity index (χ0) is 71.8. The molecule has 0 bridgehead atoms. The Balaban J connectivity index is 5.33. The molecule has 0 aliphatic heterocycles. The minimum atomic E-state index is -4.97. The van der Waals surface area contributed by atoms with Gasteiger partial charge in [-0.3, -0.25) is 37.3 Å². The second kappa shape index (κ2) is 72.4. The number of esters is 4. The Bertz CT molecular complexity index is 2050. The quantitative estimate of drug-likeness (QED) is 0.0169. The number of carbonyl (C=O) groups excluding carboxylic acids is 4. The third kappa shape index (κ3) is 71.4. The lowest BCUT2D eigenvalue weighted by Gasteiger charge is -2.21. The SMILES string of the molecule is CCCCC/C=C\C/C=C\CCCCCCCC(=O)O[C@H](COC(=O)CCCCCCCCCCCCCCC)COP(=O)(O)OC[C@H](O)COP(=O)(O)OC[C@@H](COC(=O)CCCCCCCCC/C=C\CCCCCC)OC(=O)CCCCCCC/C=C\CCCCCCCC. The van der Waals surface area contributed by atoms with Crippen molar-refractivity contribution in [3.8, 4) is 0 Å². The molecule has 0 aromatic carbocycles. The molecule has 0 saturated heterocycles. The Morgan fingerprint density at radius 2 is 0.500 bits per heavy atom. The van der Waals surface area contributed by atoms with Crippen LogP contribution in [-0.4, -0.2) is 96.7 Å². The van der Waals surface area contributed by atoms with Gasteiger partial charge in [0, 0.05) is 25.7 Å². The first-order chi connectivity index (χ1) is 47.7. The van der Waals surface area contributed by atoms with Crippen LogP contribution in [0, 0.1) is 0 Å². The maximum absolute atomic E-state index is 13.1. The van der Waals surface area contributed by atoms with E-state index in [0.717, 1.165) is 141 Å². The molecular weight excluding hydrogens is 1280 g/mol. The van der Waals surface area contributed by atoms with Gasteiger partial charge >= 0.3 is 39.5 Å². The number of phosphoric acid groups is 2. The molecule has 0 aromatic rings.